The Kier molecular flexibility index (Phi) is 21.5. The lowest BCUT2D eigenvalue weighted by Crippen LogP contribution is -2.46. The number of fused-ring (bicyclic) bond motifs is 1. The van der Waals surface area contributed by atoms with E-state index in [1.54, 1.807) is 0 Å². The molecule has 1 aliphatic heterocycles. The SMILES string of the molecule is CC(C)CCCCCCCCCC(=O)SCCNC(=O)CCNC(=O)[C@H](O)C(C)(C)COP(=O)([O-])OP(=O)([O-])OC[C@H]1O[C@@H](n2cnc3c(N)ncnc32)[C@H](O)[C@@H]1OP(=O)([O-])[O-]. The number of amides is 2. The fraction of sp³-hybridized carbons (Fsp3) is 0.765. The van der Waals surface area contributed by atoms with Crippen LogP contribution in [0.2, 0.25) is 0 Å². The summed E-state index contributed by atoms with van der Waals surface area (Å²) >= 11 is 1.14. The molecule has 0 radical (unpaired) electrons. The van der Waals surface area contributed by atoms with Gasteiger partial charge >= 0.3 is 0 Å². The molecule has 2 aromatic heterocycles. The molecular weight excluding hydrogens is 903 g/mol. The van der Waals surface area contributed by atoms with Crippen LogP contribution >= 0.6 is 35.2 Å². The van der Waals surface area contributed by atoms with E-state index in [9.17, 15) is 57.9 Å². The number of anilines is 1. The molecule has 354 valence electrons. The molecule has 0 bridgehead atoms. The van der Waals surface area contributed by atoms with Gasteiger partial charge in [-0.05, 0) is 12.3 Å². The highest BCUT2D eigenvalue weighted by molar-refractivity contribution is 8.13. The van der Waals surface area contributed by atoms with E-state index in [1.165, 1.54) is 46.0 Å². The largest absolute Gasteiger partial charge is 0.790 e. The van der Waals surface area contributed by atoms with E-state index < -0.39 is 84.6 Å². The van der Waals surface area contributed by atoms with Gasteiger partial charge in [0, 0.05) is 37.1 Å². The predicted molar refractivity (Wildman–Crippen MR) is 215 cm³/mol. The monoisotopic (exact) mass is 959 g/mol. The number of thioether (sulfide) groups is 1. The van der Waals surface area contributed by atoms with Crippen molar-refractivity contribution in [3.63, 3.8) is 0 Å². The number of rotatable bonds is 29. The number of ether oxygens (including phenoxy) is 1. The summed E-state index contributed by atoms with van der Waals surface area (Å²) in [4.78, 5) is 96.5. The van der Waals surface area contributed by atoms with Crippen LogP contribution in [0.25, 0.3) is 11.2 Å². The van der Waals surface area contributed by atoms with E-state index in [0.29, 0.717) is 12.2 Å². The highest BCUT2D eigenvalue weighted by atomic mass is 32.2. The number of phosphoric ester groups is 3. The summed E-state index contributed by atoms with van der Waals surface area (Å²) < 4.78 is 60.7. The number of hydrogen-bond donors (Lipinski definition) is 5. The molecule has 2 unspecified atom stereocenters. The van der Waals surface area contributed by atoms with Crippen LogP contribution in [-0.4, -0.2) is 103 Å². The number of hydrogen-bond acceptors (Lipinski definition) is 22. The average molecular weight is 960 g/mol. The second kappa shape index (κ2) is 24.7. The Morgan fingerprint density at radius 1 is 0.952 bits per heavy atom. The zero-order chi connectivity index (χ0) is 46.3. The fourth-order valence-corrected chi connectivity index (χ4v) is 9.51. The van der Waals surface area contributed by atoms with E-state index in [0.717, 1.165) is 54.2 Å². The molecule has 24 nitrogen and oxygen atoms in total. The molecule has 3 heterocycles. The summed E-state index contributed by atoms with van der Waals surface area (Å²) in [6.07, 6.45) is 2.00. The lowest BCUT2D eigenvalue weighted by Gasteiger charge is -2.36. The minimum Gasteiger partial charge on any atom is -0.790 e. The van der Waals surface area contributed by atoms with Crippen LogP contribution in [0.3, 0.4) is 0 Å². The predicted octanol–water partition coefficient (Wildman–Crippen LogP) is 0.304. The quantitative estimate of drug-likeness (QED) is 0.0541. The molecule has 62 heavy (non-hydrogen) atoms. The van der Waals surface area contributed by atoms with E-state index in [1.807, 2.05) is 0 Å². The molecule has 0 aromatic carbocycles. The second-order valence-corrected chi connectivity index (χ2v) is 20.8. The highest BCUT2D eigenvalue weighted by Gasteiger charge is 2.47. The first-order valence-corrected chi connectivity index (χ1v) is 25.3. The Balaban J connectivity index is 1.37. The molecular formula is C34H56N7O17P3S-4. The minimum atomic E-state index is -5.91. The minimum absolute atomic E-state index is 0.0188. The third-order valence-electron chi connectivity index (χ3n) is 9.40. The smallest absolute Gasteiger partial charge is 0.274 e. The number of phosphoric acid groups is 3. The van der Waals surface area contributed by atoms with Gasteiger partial charge in [0.15, 0.2) is 22.8 Å². The lowest BCUT2D eigenvalue weighted by atomic mass is 9.87. The molecule has 0 spiro atoms. The molecule has 28 heteroatoms. The van der Waals surface area contributed by atoms with E-state index in [2.05, 4.69) is 57.3 Å². The molecule has 2 amide bonds. The van der Waals surface area contributed by atoms with Gasteiger partial charge in [0.2, 0.25) is 11.8 Å². The standard InChI is InChI=1S/C34H60N7O17P3S/c1-22(2)12-10-8-6-5-7-9-11-13-25(43)62-17-16-36-24(42)14-15-37-32(46)29(45)34(3,4)19-55-61(52,53)58-60(50,51)54-18-23-28(57-59(47,48)49)27(44)33(56-23)41-21-40-26-30(35)38-20-39-31(26)41/h20-23,27-29,33,44-45H,5-19H2,1-4H3,(H,36,42)(H,37,46)(H,50,51)(H,52,53)(H2,35,38,39)(H2,47,48,49)/p-4/t23-,27-,28-,29+,33-/m1/s1. The van der Waals surface area contributed by atoms with Crippen LogP contribution in [-0.2, 0) is 50.7 Å². The van der Waals surface area contributed by atoms with E-state index >= 15 is 0 Å². The number of imidazole rings is 1. The first kappa shape index (κ1) is 53.9. The molecule has 6 N–H and O–H groups in total. The lowest BCUT2D eigenvalue weighted by molar-refractivity contribution is -0.347. The third kappa shape index (κ3) is 18.6. The van der Waals surface area contributed by atoms with Gasteiger partial charge in [-0.1, -0.05) is 84.4 Å². The van der Waals surface area contributed by atoms with Gasteiger partial charge in [0.05, 0.1) is 27.4 Å². The van der Waals surface area contributed by atoms with Crippen molar-refractivity contribution in [2.45, 2.75) is 123 Å². The molecule has 7 atom stereocenters. The average Bonchev–Trinajstić information content (AvgIpc) is 3.73. The summed E-state index contributed by atoms with van der Waals surface area (Å²) in [5.41, 5.74) is 4.09. The Morgan fingerprint density at radius 3 is 2.26 bits per heavy atom. The van der Waals surface area contributed by atoms with Crippen molar-refractivity contribution < 1.29 is 80.5 Å². The summed E-state index contributed by atoms with van der Waals surface area (Å²) in [5.74, 6) is -0.401. The zero-order valence-electron chi connectivity index (χ0n) is 34.9. The Bertz CT molecular complexity index is 1920. The third-order valence-corrected chi connectivity index (χ3v) is 13.3. The Labute approximate surface area is 363 Å². The molecule has 2 aromatic rings. The van der Waals surface area contributed by atoms with Crippen molar-refractivity contribution in [2.24, 2.45) is 11.3 Å². The van der Waals surface area contributed by atoms with Gasteiger partial charge in [-0.2, -0.15) is 0 Å². The van der Waals surface area contributed by atoms with Crippen molar-refractivity contribution in [3.8, 4) is 0 Å². The van der Waals surface area contributed by atoms with E-state index in [4.69, 9.17) is 10.5 Å². The summed E-state index contributed by atoms with van der Waals surface area (Å²) in [6, 6.07) is 0. The van der Waals surface area contributed by atoms with Crippen LogP contribution < -0.4 is 35.9 Å². The van der Waals surface area contributed by atoms with Crippen molar-refractivity contribution in [1.82, 2.24) is 30.2 Å². The van der Waals surface area contributed by atoms with Gasteiger partial charge in [-0.3, -0.25) is 28.1 Å². The summed E-state index contributed by atoms with van der Waals surface area (Å²) in [6.45, 7) is 4.62. The number of unbranched alkanes of at least 4 members (excludes halogenated alkanes) is 6. The van der Waals surface area contributed by atoms with Crippen molar-refractivity contribution >= 4 is 69.1 Å². The fourth-order valence-electron chi connectivity index (χ4n) is 6.05. The number of nitrogens with zero attached hydrogens (tertiary/aromatic N) is 4. The number of nitrogens with two attached hydrogens (primary N) is 1. The van der Waals surface area contributed by atoms with Crippen molar-refractivity contribution in [1.29, 1.82) is 0 Å². The highest BCUT2D eigenvalue weighted by Crippen LogP contribution is 2.56. The molecule has 1 aliphatic rings. The molecule has 1 fully saturated rings. The molecule has 0 saturated carbocycles. The number of aliphatic hydroxyl groups is 2. The first-order chi connectivity index (χ1) is 28.9. The number of aromatic nitrogens is 4. The van der Waals surface area contributed by atoms with Gasteiger partial charge in [0.1, 0.15) is 36.3 Å². The maximum atomic E-state index is 12.6. The first-order valence-electron chi connectivity index (χ1n) is 19.9. The normalized spacial score (nSPS) is 20.8. The Hall–Kier alpha value is -2.44. The van der Waals surface area contributed by atoms with Crippen molar-refractivity contribution in [3.05, 3.63) is 12.7 Å². The summed E-state index contributed by atoms with van der Waals surface area (Å²) in [5, 5.41) is 26.4. The molecule has 1 saturated heterocycles. The zero-order valence-corrected chi connectivity index (χ0v) is 38.4. The molecule has 3 rings (SSSR count). The van der Waals surface area contributed by atoms with Crippen LogP contribution in [0.1, 0.15) is 98.1 Å². The van der Waals surface area contributed by atoms with Gasteiger partial charge in [-0.15, -0.1) is 0 Å². The molecule has 0 aliphatic carbocycles. The Morgan fingerprint density at radius 2 is 1.60 bits per heavy atom. The second-order valence-electron chi connectivity index (χ2n) is 15.6. The van der Waals surface area contributed by atoms with Crippen LogP contribution in [0.4, 0.5) is 5.82 Å². The maximum Gasteiger partial charge on any atom is 0.274 e. The van der Waals surface area contributed by atoms with Crippen LogP contribution in [0.15, 0.2) is 12.7 Å². The number of carbonyl (C=O) groups excluding carboxylic acids is 3. The maximum absolute atomic E-state index is 12.6. The van der Waals surface area contributed by atoms with Gasteiger partial charge < -0.3 is 69.0 Å². The van der Waals surface area contributed by atoms with Crippen LogP contribution in [0.5, 0.6) is 0 Å². The number of carbonyl (C=O) groups is 3. The number of aliphatic hydroxyl groups excluding tert-OH is 2. The van der Waals surface area contributed by atoms with Gasteiger partial charge in [0.25, 0.3) is 15.6 Å². The topological polar surface area (TPSA) is 375 Å². The number of nitrogens with one attached hydrogen (secondary N) is 2. The van der Waals surface area contributed by atoms with Gasteiger partial charge in [-0.25, -0.2) is 19.3 Å². The van der Waals surface area contributed by atoms with Crippen LogP contribution in [0, 0.1) is 11.3 Å². The van der Waals surface area contributed by atoms with Crippen molar-refractivity contribution in [2.75, 3.05) is 37.8 Å². The van der Waals surface area contributed by atoms with E-state index in [-0.39, 0.29) is 41.6 Å². The summed E-state index contributed by atoms with van der Waals surface area (Å²) in [7, 11) is -17.6. The number of nitrogen functional groups attached to an aromatic ring is 1.